The number of nitrogens with one attached hydrogen (secondary N) is 1. The van der Waals surface area contributed by atoms with Crippen molar-refractivity contribution in [2.75, 3.05) is 25.0 Å². The van der Waals surface area contributed by atoms with Crippen LogP contribution in [0.4, 0.5) is 6.01 Å². The first-order valence-corrected chi connectivity index (χ1v) is 7.48. The van der Waals surface area contributed by atoms with Crippen LogP contribution in [0, 0.1) is 0 Å². The Morgan fingerprint density at radius 1 is 1.42 bits per heavy atom. The second-order valence-electron chi connectivity index (χ2n) is 5.77. The molecule has 5 nitrogen and oxygen atoms in total. The first kappa shape index (κ1) is 14.3. The van der Waals surface area contributed by atoms with Gasteiger partial charge in [0.2, 0.25) is 0 Å². The van der Waals surface area contributed by atoms with Gasteiger partial charge in [-0.1, -0.05) is 25.4 Å². The van der Waals surface area contributed by atoms with Crippen molar-refractivity contribution in [3.8, 4) is 0 Å². The Labute approximate surface area is 115 Å². The quantitative estimate of drug-likeness (QED) is 0.802. The van der Waals surface area contributed by atoms with Crippen molar-refractivity contribution in [2.24, 2.45) is 0 Å². The lowest BCUT2D eigenvalue weighted by Crippen LogP contribution is -2.38. The van der Waals surface area contributed by atoms with Crippen molar-refractivity contribution < 1.29 is 4.52 Å². The molecule has 1 N–H and O–H groups in total. The zero-order valence-electron chi connectivity index (χ0n) is 12.4. The molecule has 0 saturated carbocycles. The summed E-state index contributed by atoms with van der Waals surface area (Å²) in [5.41, 5.74) is 0. The third kappa shape index (κ3) is 4.20. The fourth-order valence-corrected chi connectivity index (χ4v) is 2.51. The zero-order chi connectivity index (χ0) is 13.7. The second kappa shape index (κ2) is 6.89. The van der Waals surface area contributed by atoms with Crippen molar-refractivity contribution in [3.63, 3.8) is 0 Å². The first-order valence-electron chi connectivity index (χ1n) is 7.48. The summed E-state index contributed by atoms with van der Waals surface area (Å²) in [5.74, 6) is 1.08. The molecule has 5 heteroatoms. The molecule has 2 rings (SSSR count). The summed E-state index contributed by atoms with van der Waals surface area (Å²) in [4.78, 5) is 6.89. The maximum Gasteiger partial charge on any atom is 0.321 e. The van der Waals surface area contributed by atoms with Gasteiger partial charge in [0.15, 0.2) is 5.82 Å². The fourth-order valence-electron chi connectivity index (χ4n) is 2.51. The smallest absolute Gasteiger partial charge is 0.321 e. The van der Waals surface area contributed by atoms with E-state index in [4.69, 9.17) is 4.52 Å². The van der Waals surface area contributed by atoms with Gasteiger partial charge in [0.05, 0.1) is 0 Å². The summed E-state index contributed by atoms with van der Waals surface area (Å²) in [6.45, 7) is 9.75. The Bertz CT molecular complexity index is 377. The van der Waals surface area contributed by atoms with Gasteiger partial charge in [0.25, 0.3) is 0 Å². The molecule has 0 amide bonds. The van der Waals surface area contributed by atoms with Crippen LogP contribution in [0.2, 0.25) is 0 Å². The van der Waals surface area contributed by atoms with Gasteiger partial charge in [-0.3, -0.25) is 0 Å². The van der Waals surface area contributed by atoms with Crippen LogP contribution < -0.4 is 5.32 Å². The molecule has 1 fully saturated rings. The van der Waals surface area contributed by atoms with Crippen molar-refractivity contribution in [1.29, 1.82) is 0 Å². The highest BCUT2D eigenvalue weighted by atomic mass is 16.5. The minimum absolute atomic E-state index is 0.313. The molecule has 0 radical (unpaired) electrons. The van der Waals surface area contributed by atoms with Crippen LogP contribution in [0.25, 0.3) is 0 Å². The summed E-state index contributed by atoms with van der Waals surface area (Å²) in [7, 11) is 0. The molecule has 19 heavy (non-hydrogen) atoms. The van der Waals surface area contributed by atoms with Crippen LogP contribution >= 0.6 is 0 Å². The molecule has 0 bridgehead atoms. The number of piperidine rings is 1. The number of anilines is 1. The molecule has 1 saturated heterocycles. The number of hydrogen-bond acceptors (Lipinski definition) is 5. The molecular weight excluding hydrogens is 240 g/mol. The maximum absolute atomic E-state index is 5.15. The van der Waals surface area contributed by atoms with Crippen LogP contribution in [0.15, 0.2) is 4.52 Å². The highest BCUT2D eigenvalue weighted by Crippen LogP contribution is 2.16. The van der Waals surface area contributed by atoms with E-state index in [1.807, 2.05) is 0 Å². The lowest BCUT2D eigenvalue weighted by molar-refractivity contribution is 0.160. The molecular formula is C14H26N4O. The molecule has 1 unspecified atom stereocenters. The molecule has 1 aliphatic rings. The number of hydrogen-bond donors (Lipinski definition) is 1. The van der Waals surface area contributed by atoms with E-state index in [2.05, 4.69) is 41.1 Å². The van der Waals surface area contributed by atoms with E-state index < -0.39 is 0 Å². The van der Waals surface area contributed by atoms with Crippen molar-refractivity contribution >= 4 is 6.01 Å². The monoisotopic (exact) mass is 266 g/mol. The minimum atomic E-state index is 0.313. The molecule has 0 aliphatic carbocycles. The Balaban J connectivity index is 1.65. The number of rotatable bonds is 6. The van der Waals surface area contributed by atoms with Gasteiger partial charge >= 0.3 is 6.01 Å². The van der Waals surface area contributed by atoms with Crippen molar-refractivity contribution in [2.45, 2.75) is 58.4 Å². The van der Waals surface area contributed by atoms with Gasteiger partial charge in [-0.15, -0.1) is 0 Å². The number of likely N-dealkylation sites (tertiary alicyclic amines) is 1. The highest BCUT2D eigenvalue weighted by molar-refractivity contribution is 5.18. The van der Waals surface area contributed by atoms with Crippen LogP contribution in [0.5, 0.6) is 0 Å². The van der Waals surface area contributed by atoms with E-state index >= 15 is 0 Å². The Kier molecular flexibility index (Phi) is 5.19. The van der Waals surface area contributed by atoms with Gasteiger partial charge in [0.1, 0.15) is 0 Å². The first-order chi connectivity index (χ1) is 9.16. The number of nitrogens with zero attached hydrogens (tertiary/aromatic N) is 3. The Hall–Kier alpha value is -1.10. The van der Waals surface area contributed by atoms with Crippen molar-refractivity contribution in [1.82, 2.24) is 15.0 Å². The summed E-state index contributed by atoms with van der Waals surface area (Å²) in [6.07, 6.45) is 5.19. The zero-order valence-corrected chi connectivity index (χ0v) is 12.4. The van der Waals surface area contributed by atoms with E-state index in [0.29, 0.717) is 11.9 Å². The lowest BCUT2D eigenvalue weighted by Gasteiger charge is -2.33. The molecule has 1 aliphatic heterocycles. The summed E-state index contributed by atoms with van der Waals surface area (Å²) < 4.78 is 5.15. The van der Waals surface area contributed by atoms with Gasteiger partial charge in [-0.05, 0) is 32.7 Å². The fraction of sp³-hybridized carbons (Fsp3) is 0.857. The molecule has 1 aromatic rings. The van der Waals surface area contributed by atoms with E-state index in [0.717, 1.165) is 31.4 Å². The van der Waals surface area contributed by atoms with E-state index in [9.17, 15) is 0 Å². The van der Waals surface area contributed by atoms with Gasteiger partial charge < -0.3 is 14.7 Å². The predicted octanol–water partition coefficient (Wildman–Crippen LogP) is 2.87. The standard InChI is InChI=1S/C14H26N4O/c1-11(2)13-16-14(19-17-13)15-8-6-10-18-9-5-4-7-12(18)3/h11-12H,4-10H2,1-3H3,(H,15,16,17). The summed E-state index contributed by atoms with van der Waals surface area (Å²) in [6, 6.07) is 1.29. The van der Waals surface area contributed by atoms with E-state index in [1.165, 1.54) is 25.8 Å². The van der Waals surface area contributed by atoms with E-state index in [1.54, 1.807) is 0 Å². The van der Waals surface area contributed by atoms with Crippen LogP contribution in [-0.2, 0) is 0 Å². The third-order valence-electron chi connectivity index (χ3n) is 3.80. The molecule has 0 spiro atoms. The van der Waals surface area contributed by atoms with Crippen LogP contribution in [0.3, 0.4) is 0 Å². The molecule has 2 heterocycles. The molecule has 1 atom stereocenters. The normalized spacial score (nSPS) is 20.9. The summed E-state index contributed by atoms with van der Waals surface area (Å²) >= 11 is 0. The third-order valence-corrected chi connectivity index (χ3v) is 3.80. The van der Waals surface area contributed by atoms with Crippen LogP contribution in [-0.4, -0.2) is 40.7 Å². The van der Waals surface area contributed by atoms with Gasteiger partial charge in [-0.2, -0.15) is 4.98 Å². The molecule has 108 valence electrons. The van der Waals surface area contributed by atoms with Gasteiger partial charge in [0, 0.05) is 25.0 Å². The van der Waals surface area contributed by atoms with E-state index in [-0.39, 0.29) is 0 Å². The Morgan fingerprint density at radius 2 is 2.26 bits per heavy atom. The largest absolute Gasteiger partial charge is 0.338 e. The average molecular weight is 266 g/mol. The van der Waals surface area contributed by atoms with Gasteiger partial charge in [-0.25, -0.2) is 0 Å². The summed E-state index contributed by atoms with van der Waals surface area (Å²) in [5, 5.41) is 7.14. The minimum Gasteiger partial charge on any atom is -0.338 e. The second-order valence-corrected chi connectivity index (χ2v) is 5.77. The van der Waals surface area contributed by atoms with Crippen molar-refractivity contribution in [3.05, 3.63) is 5.82 Å². The SMILES string of the molecule is CC(C)c1noc(NCCCN2CCCCC2C)n1. The average Bonchev–Trinajstić information content (AvgIpc) is 2.85. The number of aromatic nitrogens is 2. The van der Waals surface area contributed by atoms with Crippen LogP contribution in [0.1, 0.15) is 58.2 Å². The topological polar surface area (TPSA) is 54.2 Å². The molecule has 1 aromatic heterocycles. The highest BCUT2D eigenvalue weighted by Gasteiger charge is 2.17. The lowest BCUT2D eigenvalue weighted by atomic mass is 10.0. The maximum atomic E-state index is 5.15. The molecule has 0 aromatic carbocycles. The Morgan fingerprint density at radius 3 is 2.95 bits per heavy atom. The predicted molar refractivity (Wildman–Crippen MR) is 76.4 cm³/mol.